The zero-order valence-corrected chi connectivity index (χ0v) is 18.3. The van der Waals surface area contributed by atoms with Crippen LogP contribution in [0.4, 0.5) is 26.3 Å². The Balaban J connectivity index is 1.80. The lowest BCUT2D eigenvalue weighted by molar-refractivity contribution is -0.140. The second-order valence-corrected chi connectivity index (χ2v) is 8.31. The Labute approximate surface area is 197 Å². The predicted molar refractivity (Wildman–Crippen MR) is 115 cm³/mol. The SMILES string of the molecule is O=S([O-])Cc1cccc(-c2ccc(-n3cc(C(F)(F)F)nc3-c3ccccc3C(F)(F)F)nc2)c1. The van der Waals surface area contributed by atoms with Crippen molar-refractivity contribution in [3.63, 3.8) is 0 Å². The van der Waals surface area contributed by atoms with Gasteiger partial charge >= 0.3 is 12.4 Å². The molecule has 1 unspecified atom stereocenters. The summed E-state index contributed by atoms with van der Waals surface area (Å²) >= 11 is -2.29. The number of benzene rings is 2. The molecule has 0 aliphatic carbocycles. The predicted octanol–water partition coefficient (Wildman–Crippen LogP) is 6.02. The van der Waals surface area contributed by atoms with E-state index in [4.69, 9.17) is 0 Å². The fraction of sp³-hybridized carbons (Fsp3) is 0.130. The second-order valence-electron chi connectivity index (χ2n) is 7.41. The van der Waals surface area contributed by atoms with Gasteiger partial charge in [0.25, 0.3) is 0 Å². The molecule has 0 saturated heterocycles. The average Bonchev–Trinajstić information content (AvgIpc) is 3.24. The Morgan fingerprint density at radius 3 is 2.26 bits per heavy atom. The van der Waals surface area contributed by atoms with Crippen LogP contribution in [-0.4, -0.2) is 23.3 Å². The number of hydrogen-bond donors (Lipinski definition) is 0. The van der Waals surface area contributed by atoms with E-state index in [1.165, 1.54) is 24.4 Å². The van der Waals surface area contributed by atoms with Crippen molar-refractivity contribution in [2.75, 3.05) is 0 Å². The van der Waals surface area contributed by atoms with Crippen LogP contribution in [0.2, 0.25) is 0 Å². The van der Waals surface area contributed by atoms with E-state index in [0.717, 1.165) is 22.8 Å². The maximum Gasteiger partial charge on any atom is 0.434 e. The van der Waals surface area contributed by atoms with Crippen molar-refractivity contribution < 1.29 is 35.1 Å². The van der Waals surface area contributed by atoms with E-state index in [1.54, 1.807) is 24.3 Å². The molecule has 0 saturated carbocycles. The van der Waals surface area contributed by atoms with Crippen LogP contribution >= 0.6 is 0 Å². The summed E-state index contributed by atoms with van der Waals surface area (Å²) in [5.74, 6) is -0.845. The molecule has 2 heterocycles. The smallest absolute Gasteiger partial charge is 0.434 e. The third kappa shape index (κ3) is 5.43. The molecule has 0 aliphatic rings. The normalized spacial score (nSPS) is 13.1. The monoisotopic (exact) mass is 510 g/mol. The summed E-state index contributed by atoms with van der Waals surface area (Å²) in [4.78, 5) is 7.60. The molecule has 182 valence electrons. The molecule has 0 fully saturated rings. The first kappa shape index (κ1) is 24.6. The number of pyridine rings is 1. The average molecular weight is 510 g/mol. The molecule has 2 aromatic heterocycles. The standard InChI is InChI=1S/C23H15F6N3O2S/c24-22(25,26)18-7-2-1-6-17(18)21-31-19(23(27,28)29)12-32(21)20-9-8-16(11-30-20)15-5-3-4-14(10-15)13-35(33)34/h1-12H,13H2,(H,33,34)/p-1. The molecule has 1 atom stereocenters. The lowest BCUT2D eigenvalue weighted by Crippen LogP contribution is -2.09. The third-order valence-corrected chi connectivity index (χ3v) is 5.58. The van der Waals surface area contributed by atoms with Crippen molar-refractivity contribution in [3.05, 3.63) is 89.9 Å². The summed E-state index contributed by atoms with van der Waals surface area (Å²) < 4.78 is 104. The quantitative estimate of drug-likeness (QED) is 0.243. The lowest BCUT2D eigenvalue weighted by atomic mass is 10.1. The Morgan fingerprint density at radius 1 is 0.886 bits per heavy atom. The molecule has 0 aliphatic heterocycles. The highest BCUT2D eigenvalue weighted by atomic mass is 32.2. The van der Waals surface area contributed by atoms with Crippen LogP contribution in [0.3, 0.4) is 0 Å². The fourth-order valence-corrected chi connectivity index (χ4v) is 3.93. The van der Waals surface area contributed by atoms with Crippen LogP contribution in [-0.2, 0) is 29.2 Å². The molecule has 0 amide bonds. The van der Waals surface area contributed by atoms with Crippen LogP contribution in [0.5, 0.6) is 0 Å². The Kier molecular flexibility index (Phi) is 6.52. The maximum absolute atomic E-state index is 13.5. The first-order valence-electron chi connectivity index (χ1n) is 9.88. The van der Waals surface area contributed by atoms with Gasteiger partial charge in [-0.25, -0.2) is 9.97 Å². The summed E-state index contributed by atoms with van der Waals surface area (Å²) in [6.45, 7) is 0. The number of nitrogens with zero attached hydrogens (tertiary/aromatic N) is 3. The number of aromatic nitrogens is 3. The molecule has 0 spiro atoms. The summed E-state index contributed by atoms with van der Waals surface area (Å²) in [5, 5.41) is 0. The van der Waals surface area contributed by atoms with Crippen LogP contribution in [0, 0.1) is 0 Å². The van der Waals surface area contributed by atoms with Crippen molar-refractivity contribution in [1.82, 2.24) is 14.5 Å². The minimum atomic E-state index is -4.89. The Bertz CT molecular complexity index is 1380. The molecular weight excluding hydrogens is 496 g/mol. The van der Waals surface area contributed by atoms with Gasteiger partial charge in [-0.2, -0.15) is 26.3 Å². The molecule has 0 bridgehead atoms. The van der Waals surface area contributed by atoms with Gasteiger partial charge in [0.1, 0.15) is 11.6 Å². The number of rotatable bonds is 5. The zero-order chi connectivity index (χ0) is 25.4. The minimum absolute atomic E-state index is 0.0828. The van der Waals surface area contributed by atoms with Crippen LogP contribution in [0.15, 0.2) is 73.1 Å². The molecule has 0 N–H and O–H groups in total. The maximum atomic E-state index is 13.5. The summed E-state index contributed by atoms with van der Waals surface area (Å²) in [7, 11) is 0. The zero-order valence-electron chi connectivity index (χ0n) is 17.5. The molecule has 4 rings (SSSR count). The van der Waals surface area contributed by atoms with Crippen molar-refractivity contribution in [1.29, 1.82) is 0 Å². The van der Waals surface area contributed by atoms with Crippen LogP contribution < -0.4 is 0 Å². The highest BCUT2D eigenvalue weighted by Gasteiger charge is 2.38. The van der Waals surface area contributed by atoms with Gasteiger partial charge in [-0.15, -0.1) is 0 Å². The first-order valence-corrected chi connectivity index (χ1v) is 11.1. The van der Waals surface area contributed by atoms with E-state index in [0.29, 0.717) is 22.9 Å². The lowest BCUT2D eigenvalue weighted by Gasteiger charge is -2.14. The van der Waals surface area contributed by atoms with Gasteiger partial charge in [-0.05, 0) is 29.3 Å². The molecule has 12 heteroatoms. The van der Waals surface area contributed by atoms with Crippen molar-refractivity contribution in [2.24, 2.45) is 0 Å². The van der Waals surface area contributed by atoms with Gasteiger partial charge in [0.05, 0.1) is 5.56 Å². The van der Waals surface area contributed by atoms with Crippen LogP contribution in [0.25, 0.3) is 28.3 Å². The van der Waals surface area contributed by atoms with E-state index in [2.05, 4.69) is 9.97 Å². The van der Waals surface area contributed by atoms with Crippen molar-refractivity contribution in [2.45, 2.75) is 18.1 Å². The minimum Gasteiger partial charge on any atom is -0.772 e. The highest BCUT2D eigenvalue weighted by molar-refractivity contribution is 7.78. The van der Waals surface area contributed by atoms with Gasteiger partial charge < -0.3 is 4.55 Å². The molecule has 4 aromatic rings. The largest absolute Gasteiger partial charge is 0.772 e. The van der Waals surface area contributed by atoms with E-state index in [1.807, 2.05) is 0 Å². The Hall–Kier alpha value is -3.51. The van der Waals surface area contributed by atoms with Crippen molar-refractivity contribution >= 4 is 11.1 Å². The topological polar surface area (TPSA) is 70.8 Å². The number of hydrogen-bond acceptors (Lipinski definition) is 4. The fourth-order valence-electron chi connectivity index (χ4n) is 3.48. The number of alkyl halides is 6. The van der Waals surface area contributed by atoms with E-state index in [9.17, 15) is 35.1 Å². The van der Waals surface area contributed by atoms with Gasteiger partial charge in [0, 0.05) is 29.3 Å². The molecule has 35 heavy (non-hydrogen) atoms. The Morgan fingerprint density at radius 2 is 1.63 bits per heavy atom. The number of halogens is 6. The summed E-state index contributed by atoms with van der Waals surface area (Å²) in [6.07, 6.45) is -7.79. The molecule has 0 radical (unpaired) electrons. The second kappa shape index (κ2) is 9.27. The summed E-state index contributed by atoms with van der Waals surface area (Å²) in [6, 6.07) is 13.6. The van der Waals surface area contributed by atoms with Crippen LogP contribution in [0.1, 0.15) is 16.8 Å². The van der Waals surface area contributed by atoms with E-state index in [-0.39, 0.29) is 11.6 Å². The van der Waals surface area contributed by atoms with Gasteiger partial charge in [0.15, 0.2) is 5.69 Å². The van der Waals surface area contributed by atoms with Crippen molar-refractivity contribution in [3.8, 4) is 28.3 Å². The third-order valence-electron chi connectivity index (χ3n) is 5.01. The van der Waals surface area contributed by atoms with Gasteiger partial charge in [0.2, 0.25) is 0 Å². The highest BCUT2D eigenvalue weighted by Crippen LogP contribution is 2.39. The summed E-state index contributed by atoms with van der Waals surface area (Å²) in [5.41, 5.74) is -1.37. The van der Waals surface area contributed by atoms with Gasteiger partial charge in [-0.1, -0.05) is 53.5 Å². The van der Waals surface area contributed by atoms with E-state index < -0.39 is 46.1 Å². The number of imidazole rings is 1. The van der Waals surface area contributed by atoms with E-state index >= 15 is 0 Å². The first-order chi connectivity index (χ1) is 16.4. The van der Waals surface area contributed by atoms with Gasteiger partial charge in [-0.3, -0.25) is 8.78 Å². The molecule has 2 aromatic carbocycles. The molecule has 5 nitrogen and oxygen atoms in total. The molecular formula is C23H14F6N3O2S-.